The third kappa shape index (κ3) is 1.66. The maximum atomic E-state index is 11.7. The van der Waals surface area contributed by atoms with E-state index in [0.717, 1.165) is 18.4 Å². The second-order valence-corrected chi connectivity index (χ2v) is 3.37. The lowest BCUT2D eigenvalue weighted by Gasteiger charge is -2.01. The van der Waals surface area contributed by atoms with Gasteiger partial charge in [0.05, 0.1) is 0 Å². The molecule has 1 aliphatic rings. The van der Waals surface area contributed by atoms with Crippen molar-refractivity contribution in [2.24, 2.45) is 5.92 Å². The lowest BCUT2D eigenvalue weighted by molar-refractivity contribution is 0.102. The molecule has 0 amide bonds. The van der Waals surface area contributed by atoms with E-state index in [1.165, 1.54) is 0 Å². The van der Waals surface area contributed by atoms with Crippen molar-refractivity contribution in [1.82, 2.24) is 4.98 Å². The van der Waals surface area contributed by atoms with Gasteiger partial charge in [-0.15, -0.1) is 0 Å². The third-order valence-corrected chi connectivity index (χ3v) is 2.29. The molecule has 0 spiro atoms. The summed E-state index contributed by atoms with van der Waals surface area (Å²) in [5, 5.41) is 0. The molecule has 66 valence electrons. The zero-order valence-corrected chi connectivity index (χ0v) is 7.36. The van der Waals surface area contributed by atoms with Crippen LogP contribution in [0.5, 0.6) is 0 Å². The number of Topliss-reactive ketones (excluding diaryl/α,β-unsaturated/α-hetero) is 1. The van der Waals surface area contributed by atoms with E-state index in [1.807, 2.05) is 0 Å². The first-order valence-corrected chi connectivity index (χ1v) is 4.42. The Balaban J connectivity index is 2.17. The predicted molar refractivity (Wildman–Crippen MR) is 50.4 cm³/mol. The van der Waals surface area contributed by atoms with Crippen LogP contribution >= 0.6 is 0 Å². The fraction of sp³-hybridized carbons (Fsp3) is 0.273. The first kappa shape index (κ1) is 8.17. The number of carbonyl (C=O) groups excluding carboxylic acids is 1. The second-order valence-electron chi connectivity index (χ2n) is 3.37. The first-order valence-electron chi connectivity index (χ1n) is 4.42. The standard InChI is InChI=1S/C11H11NO/c1-8(9-4-5-9)11(13)10-3-2-6-12-7-10/h2-3,6-7,9H,1,4-5H2. The van der Waals surface area contributed by atoms with Gasteiger partial charge >= 0.3 is 0 Å². The Morgan fingerprint density at radius 1 is 1.54 bits per heavy atom. The van der Waals surface area contributed by atoms with E-state index in [-0.39, 0.29) is 5.78 Å². The van der Waals surface area contributed by atoms with Crippen LogP contribution in [0.15, 0.2) is 36.7 Å². The van der Waals surface area contributed by atoms with Crippen LogP contribution in [0.2, 0.25) is 0 Å². The molecule has 1 aromatic rings. The Bertz CT molecular complexity index is 338. The Labute approximate surface area is 77.3 Å². The lowest BCUT2D eigenvalue weighted by atomic mass is 10.0. The molecule has 13 heavy (non-hydrogen) atoms. The van der Waals surface area contributed by atoms with E-state index in [0.29, 0.717) is 11.5 Å². The van der Waals surface area contributed by atoms with Crippen LogP contribution in [0, 0.1) is 5.92 Å². The highest BCUT2D eigenvalue weighted by atomic mass is 16.1. The van der Waals surface area contributed by atoms with Gasteiger partial charge in [0.2, 0.25) is 0 Å². The van der Waals surface area contributed by atoms with E-state index < -0.39 is 0 Å². The van der Waals surface area contributed by atoms with Crippen molar-refractivity contribution in [3.63, 3.8) is 0 Å². The van der Waals surface area contributed by atoms with Crippen molar-refractivity contribution < 1.29 is 4.79 Å². The average Bonchev–Trinajstić information content (AvgIpc) is 3.00. The fourth-order valence-corrected chi connectivity index (χ4v) is 1.30. The minimum atomic E-state index is 0.0515. The van der Waals surface area contributed by atoms with Gasteiger partial charge in [0.1, 0.15) is 0 Å². The SMILES string of the molecule is C=C(C(=O)c1cccnc1)C1CC1. The molecule has 1 aliphatic carbocycles. The number of carbonyl (C=O) groups is 1. The zero-order chi connectivity index (χ0) is 9.26. The second kappa shape index (κ2) is 3.13. The average molecular weight is 173 g/mol. The van der Waals surface area contributed by atoms with Gasteiger partial charge in [-0.25, -0.2) is 0 Å². The van der Waals surface area contributed by atoms with Crippen molar-refractivity contribution in [3.05, 3.63) is 42.2 Å². The van der Waals surface area contributed by atoms with Gasteiger partial charge < -0.3 is 0 Å². The quantitative estimate of drug-likeness (QED) is 0.518. The highest BCUT2D eigenvalue weighted by molar-refractivity contribution is 6.08. The molecule has 1 heterocycles. The van der Waals surface area contributed by atoms with Crippen LogP contribution < -0.4 is 0 Å². The van der Waals surface area contributed by atoms with Crippen molar-refractivity contribution in [1.29, 1.82) is 0 Å². The predicted octanol–water partition coefficient (Wildman–Crippen LogP) is 2.23. The molecule has 0 atom stereocenters. The summed E-state index contributed by atoms with van der Waals surface area (Å²) in [6.45, 7) is 3.82. The van der Waals surface area contributed by atoms with Gasteiger partial charge in [0.15, 0.2) is 5.78 Å². The van der Waals surface area contributed by atoms with E-state index in [4.69, 9.17) is 0 Å². The fourth-order valence-electron chi connectivity index (χ4n) is 1.30. The Hall–Kier alpha value is -1.44. The third-order valence-electron chi connectivity index (χ3n) is 2.29. The number of nitrogens with zero attached hydrogens (tertiary/aromatic N) is 1. The van der Waals surface area contributed by atoms with Gasteiger partial charge in [-0.2, -0.15) is 0 Å². The molecule has 1 aromatic heterocycles. The topological polar surface area (TPSA) is 30.0 Å². The molecular formula is C11H11NO. The van der Waals surface area contributed by atoms with Crippen LogP contribution in [0.1, 0.15) is 23.2 Å². The van der Waals surface area contributed by atoms with Crippen molar-refractivity contribution in [2.75, 3.05) is 0 Å². The number of rotatable bonds is 3. The van der Waals surface area contributed by atoms with Crippen molar-refractivity contribution >= 4 is 5.78 Å². The molecule has 1 fully saturated rings. The van der Waals surface area contributed by atoms with Gasteiger partial charge in [0, 0.05) is 18.0 Å². The van der Waals surface area contributed by atoms with E-state index >= 15 is 0 Å². The maximum Gasteiger partial charge on any atom is 0.190 e. The van der Waals surface area contributed by atoms with Gasteiger partial charge in [-0.05, 0) is 36.5 Å². The lowest BCUT2D eigenvalue weighted by Crippen LogP contribution is -2.03. The summed E-state index contributed by atoms with van der Waals surface area (Å²) in [7, 11) is 0. The molecular weight excluding hydrogens is 162 g/mol. The number of pyridine rings is 1. The maximum absolute atomic E-state index is 11.7. The van der Waals surface area contributed by atoms with Crippen molar-refractivity contribution in [3.8, 4) is 0 Å². The minimum absolute atomic E-state index is 0.0515. The summed E-state index contributed by atoms with van der Waals surface area (Å²) in [5.41, 5.74) is 1.40. The molecule has 2 rings (SSSR count). The Morgan fingerprint density at radius 3 is 2.85 bits per heavy atom. The number of allylic oxidation sites excluding steroid dienone is 1. The van der Waals surface area contributed by atoms with Crippen LogP contribution in [0.4, 0.5) is 0 Å². The van der Waals surface area contributed by atoms with E-state index in [2.05, 4.69) is 11.6 Å². The molecule has 0 aliphatic heterocycles. The highest BCUT2D eigenvalue weighted by Crippen LogP contribution is 2.36. The summed E-state index contributed by atoms with van der Waals surface area (Å²) < 4.78 is 0. The molecule has 2 heteroatoms. The normalized spacial score (nSPS) is 15.4. The van der Waals surface area contributed by atoms with Gasteiger partial charge in [-0.3, -0.25) is 9.78 Å². The largest absolute Gasteiger partial charge is 0.289 e. The molecule has 0 radical (unpaired) electrons. The Kier molecular flexibility index (Phi) is 1.97. The number of hydrogen-bond donors (Lipinski definition) is 0. The van der Waals surface area contributed by atoms with Crippen molar-refractivity contribution in [2.45, 2.75) is 12.8 Å². The Morgan fingerprint density at radius 2 is 2.31 bits per heavy atom. The van der Waals surface area contributed by atoms with E-state index in [9.17, 15) is 4.79 Å². The first-order chi connectivity index (χ1) is 6.29. The smallest absolute Gasteiger partial charge is 0.190 e. The summed E-state index contributed by atoms with van der Waals surface area (Å²) in [5.74, 6) is 0.489. The van der Waals surface area contributed by atoms with Crippen LogP contribution in [-0.2, 0) is 0 Å². The zero-order valence-electron chi connectivity index (χ0n) is 7.36. The molecule has 0 bridgehead atoms. The summed E-state index contributed by atoms with van der Waals surface area (Å²) in [4.78, 5) is 15.6. The van der Waals surface area contributed by atoms with Gasteiger partial charge in [0.25, 0.3) is 0 Å². The van der Waals surface area contributed by atoms with Crippen LogP contribution in [0.3, 0.4) is 0 Å². The summed E-state index contributed by atoms with van der Waals surface area (Å²) in [6, 6.07) is 3.55. The monoisotopic (exact) mass is 173 g/mol. The molecule has 0 saturated heterocycles. The molecule has 2 nitrogen and oxygen atoms in total. The molecule has 0 N–H and O–H groups in total. The number of aromatic nitrogens is 1. The summed E-state index contributed by atoms with van der Waals surface area (Å²) in [6.07, 6.45) is 5.49. The minimum Gasteiger partial charge on any atom is -0.289 e. The summed E-state index contributed by atoms with van der Waals surface area (Å²) >= 11 is 0. The highest BCUT2D eigenvalue weighted by Gasteiger charge is 2.29. The molecule has 0 aromatic carbocycles. The molecule has 0 unspecified atom stereocenters. The van der Waals surface area contributed by atoms with Crippen LogP contribution in [-0.4, -0.2) is 10.8 Å². The van der Waals surface area contributed by atoms with E-state index in [1.54, 1.807) is 24.5 Å². The van der Waals surface area contributed by atoms with Gasteiger partial charge in [-0.1, -0.05) is 6.58 Å². The number of hydrogen-bond acceptors (Lipinski definition) is 2. The number of ketones is 1. The van der Waals surface area contributed by atoms with Crippen LogP contribution in [0.25, 0.3) is 0 Å². The molecule has 1 saturated carbocycles.